The predicted octanol–water partition coefficient (Wildman–Crippen LogP) is -3.82. The van der Waals surface area contributed by atoms with Crippen LogP contribution in [0.4, 0.5) is 0 Å². The van der Waals surface area contributed by atoms with Gasteiger partial charge in [-0.1, -0.05) is 48.5 Å². The highest BCUT2D eigenvalue weighted by Gasteiger charge is 2.22. The lowest BCUT2D eigenvalue weighted by Crippen LogP contribution is -2.47. The number of carboxylic acids is 6. The van der Waals surface area contributed by atoms with Gasteiger partial charge < -0.3 is 51.9 Å². The van der Waals surface area contributed by atoms with Crippen molar-refractivity contribution in [1.29, 1.82) is 0 Å². The van der Waals surface area contributed by atoms with Crippen molar-refractivity contribution >= 4 is 59.4 Å². The van der Waals surface area contributed by atoms with Crippen LogP contribution in [-0.4, -0.2) is 237 Å². The number of benzene rings is 2. The highest BCUT2D eigenvalue weighted by atomic mass is 16.4. The molecule has 0 aromatic heterocycles. The number of carboxylic acid groups (broad SMARTS) is 6. The van der Waals surface area contributed by atoms with Crippen LogP contribution in [0.25, 0.3) is 0 Å². The predicted molar refractivity (Wildman–Crippen MR) is 245 cm³/mol. The lowest BCUT2D eigenvalue weighted by Gasteiger charge is -2.28. The first-order valence-corrected chi connectivity index (χ1v) is 22.1. The van der Waals surface area contributed by atoms with Gasteiger partial charge in [-0.25, -0.2) is 0 Å². The number of nitrogens with zero attached hydrogens (tertiary/aromatic N) is 6. The van der Waals surface area contributed by atoms with Crippen molar-refractivity contribution < 1.29 is 78.6 Å². The second-order valence-corrected chi connectivity index (χ2v) is 16.5. The summed E-state index contributed by atoms with van der Waals surface area (Å²) in [6, 6.07) is 13.5. The molecule has 6 rings (SSSR count). The van der Waals surface area contributed by atoms with Crippen LogP contribution in [0.1, 0.15) is 22.3 Å². The van der Waals surface area contributed by atoms with Gasteiger partial charge in [-0.3, -0.25) is 77.3 Å². The molecule has 0 spiro atoms. The number of hydrogen-bond acceptors (Lipinski definition) is 16. The van der Waals surface area contributed by atoms with Gasteiger partial charge in [-0.05, 0) is 22.3 Å². The quantitative estimate of drug-likeness (QED) is 0.0974. The van der Waals surface area contributed by atoms with E-state index in [4.69, 9.17) is 0 Å². The SMILES string of the molecule is O=C(O)CN1CCN(CC(=O)O)CC(=O)NCc2ccc(cc2)CNC(=O)CN(CC(=O)O)CCN(CC(=O)O)CCN(CC(=O)O)CC(=O)NCc2ccc(cc2)CNC(=O)CN(CC(=O)O)CC1. The Kier molecular flexibility index (Phi) is 24.9. The standard InChI is InChI=1S/C44H62N10O16/c55-35-21-51(27-41(63)64)13-9-49(25-39(59)60)11-15-53(29-43(67)68)23-37(57)47-19-33-5-7-34(8-6-33)20-48-38(58)24-54(30-44(69)70)16-12-50(26-40(61)62)10-14-52(28-42(65)66)22-36(56)46-18-32-2-1-31(3-4-32)17-45-35/h1-8H,9-30H2,(H,45,55)(H,46,56)(H,47,57)(H,48,58)(H,59,60)(H,61,62)(H,63,64)(H,65,66)(H,67,68)(H,69,70). The molecule has 4 amide bonds. The molecule has 26 nitrogen and oxygen atoms in total. The maximum Gasteiger partial charge on any atom is 0.317 e. The zero-order valence-electron chi connectivity index (χ0n) is 38.6. The molecule has 70 heavy (non-hydrogen) atoms. The molecule has 0 saturated heterocycles. The Morgan fingerprint density at radius 1 is 0.314 bits per heavy atom. The molecule has 2 aromatic carbocycles. The first-order chi connectivity index (χ1) is 33.2. The summed E-state index contributed by atoms with van der Waals surface area (Å²) in [5, 5.41) is 68.2. The molecule has 0 saturated carbocycles. The van der Waals surface area contributed by atoms with Gasteiger partial charge in [-0.15, -0.1) is 0 Å². The molecule has 0 aliphatic carbocycles. The minimum absolute atomic E-state index is 0.0240. The summed E-state index contributed by atoms with van der Waals surface area (Å²) in [5.74, 6) is -9.50. The van der Waals surface area contributed by atoms with Crippen LogP contribution >= 0.6 is 0 Å². The topological polar surface area (TPSA) is 360 Å². The highest BCUT2D eigenvalue weighted by Crippen LogP contribution is 2.07. The molecular weight excluding hydrogens is 925 g/mol. The third kappa shape index (κ3) is 25.3. The molecule has 0 atom stereocenters. The maximum absolute atomic E-state index is 13.0. The normalized spacial score (nSPS) is 18.1. The van der Waals surface area contributed by atoms with Crippen molar-refractivity contribution in [2.75, 3.05) is 118 Å². The van der Waals surface area contributed by atoms with E-state index in [1.165, 1.54) is 29.4 Å². The van der Waals surface area contributed by atoms with Crippen molar-refractivity contribution in [3.8, 4) is 0 Å². The van der Waals surface area contributed by atoms with Crippen LogP contribution in [0.15, 0.2) is 48.5 Å². The first kappa shape index (κ1) is 57.2. The van der Waals surface area contributed by atoms with E-state index in [0.717, 1.165) is 0 Å². The van der Waals surface area contributed by atoms with Gasteiger partial charge in [-0.2, -0.15) is 0 Å². The van der Waals surface area contributed by atoms with Gasteiger partial charge >= 0.3 is 35.8 Å². The molecule has 4 bridgehead atoms. The van der Waals surface area contributed by atoms with Crippen molar-refractivity contribution in [3.05, 3.63) is 70.8 Å². The van der Waals surface area contributed by atoms with Crippen LogP contribution in [0, 0.1) is 0 Å². The fourth-order valence-electron chi connectivity index (χ4n) is 7.06. The zero-order chi connectivity index (χ0) is 51.6. The lowest BCUT2D eigenvalue weighted by atomic mass is 10.1. The Bertz CT molecular complexity index is 1830. The highest BCUT2D eigenvalue weighted by molar-refractivity contribution is 5.81. The molecule has 2 aromatic rings. The largest absolute Gasteiger partial charge is 0.480 e. The van der Waals surface area contributed by atoms with Crippen LogP contribution in [0.3, 0.4) is 0 Å². The summed E-state index contributed by atoms with van der Waals surface area (Å²) in [4.78, 5) is 130. The molecule has 4 aliphatic rings. The Morgan fingerprint density at radius 3 is 0.643 bits per heavy atom. The van der Waals surface area contributed by atoms with Crippen LogP contribution < -0.4 is 21.3 Å². The van der Waals surface area contributed by atoms with E-state index in [1.54, 1.807) is 48.5 Å². The fourth-order valence-corrected chi connectivity index (χ4v) is 7.06. The van der Waals surface area contributed by atoms with Crippen molar-refractivity contribution in [1.82, 2.24) is 50.7 Å². The third-order valence-corrected chi connectivity index (χ3v) is 10.6. The van der Waals surface area contributed by atoms with Gasteiger partial charge in [0.15, 0.2) is 0 Å². The molecule has 384 valence electrons. The van der Waals surface area contributed by atoms with E-state index in [-0.39, 0.29) is 105 Å². The van der Waals surface area contributed by atoms with E-state index in [1.807, 2.05) is 0 Å². The minimum atomic E-state index is -1.24. The van der Waals surface area contributed by atoms with Gasteiger partial charge in [0.25, 0.3) is 0 Å². The van der Waals surface area contributed by atoms with Crippen molar-refractivity contribution in [3.63, 3.8) is 0 Å². The van der Waals surface area contributed by atoms with E-state index in [0.29, 0.717) is 22.3 Å². The van der Waals surface area contributed by atoms with E-state index in [2.05, 4.69) is 21.3 Å². The average Bonchev–Trinajstić information content (AvgIpc) is 3.27. The van der Waals surface area contributed by atoms with Crippen LogP contribution in [0.2, 0.25) is 0 Å². The smallest absolute Gasteiger partial charge is 0.317 e. The number of aliphatic carboxylic acids is 6. The zero-order valence-corrected chi connectivity index (χ0v) is 38.6. The molecule has 0 radical (unpaired) electrons. The number of rotatable bonds is 12. The Hall–Kier alpha value is -7.10. The summed E-state index contributed by atoms with van der Waals surface area (Å²) in [5.41, 5.74) is 2.62. The Labute approximate surface area is 402 Å². The van der Waals surface area contributed by atoms with Gasteiger partial charge in [0.05, 0.1) is 65.4 Å². The maximum atomic E-state index is 13.0. The van der Waals surface area contributed by atoms with E-state index < -0.39 is 98.7 Å². The molecule has 26 heteroatoms. The van der Waals surface area contributed by atoms with Gasteiger partial charge in [0.2, 0.25) is 23.6 Å². The number of carbonyl (C=O) groups is 10. The lowest BCUT2D eigenvalue weighted by molar-refractivity contribution is -0.141. The van der Waals surface area contributed by atoms with E-state index >= 15 is 0 Å². The summed E-state index contributed by atoms with van der Waals surface area (Å²) >= 11 is 0. The van der Waals surface area contributed by atoms with Crippen molar-refractivity contribution in [2.45, 2.75) is 26.2 Å². The minimum Gasteiger partial charge on any atom is -0.480 e. The molecule has 4 aliphatic heterocycles. The Morgan fingerprint density at radius 2 is 0.471 bits per heavy atom. The molecule has 0 fully saturated rings. The molecule has 0 unspecified atom stereocenters. The summed E-state index contributed by atoms with van der Waals surface area (Å²) in [6.45, 7) is -4.75. The van der Waals surface area contributed by atoms with Crippen molar-refractivity contribution in [2.24, 2.45) is 0 Å². The summed E-state index contributed by atoms with van der Waals surface area (Å²) in [7, 11) is 0. The van der Waals surface area contributed by atoms with Gasteiger partial charge in [0, 0.05) is 78.5 Å². The fraction of sp³-hybridized carbons (Fsp3) is 0.500. The van der Waals surface area contributed by atoms with Crippen LogP contribution in [-0.2, 0) is 74.1 Å². The Balaban J connectivity index is 1.81. The van der Waals surface area contributed by atoms with Crippen LogP contribution in [0.5, 0.6) is 0 Å². The third-order valence-electron chi connectivity index (χ3n) is 10.6. The second-order valence-electron chi connectivity index (χ2n) is 16.5. The number of nitrogens with one attached hydrogen (secondary N) is 4. The monoisotopic (exact) mass is 986 g/mol. The molecule has 10 N–H and O–H groups in total. The molecular formula is C44H62N10O16. The summed E-state index contributed by atoms with van der Waals surface area (Å²) < 4.78 is 0. The number of carbonyl (C=O) groups excluding carboxylic acids is 4. The first-order valence-electron chi connectivity index (χ1n) is 22.1. The summed E-state index contributed by atoms with van der Waals surface area (Å²) in [6.07, 6.45) is 0. The number of amides is 4. The number of hydrogen-bond donors (Lipinski definition) is 10. The van der Waals surface area contributed by atoms with E-state index in [9.17, 15) is 78.6 Å². The average molecular weight is 987 g/mol. The second kappa shape index (κ2) is 30.4. The molecule has 4 heterocycles. The van der Waals surface area contributed by atoms with Gasteiger partial charge in [0.1, 0.15) is 0 Å².